The SMILES string of the molecule is O=C(C(=Cc1ccc([N+](=O)[O-])c(O)c1)SCc1ccc(Br)cc1)c1cc(Cl)ccc1O. The minimum absolute atomic E-state index is 0.0354. The Kier molecular flexibility index (Phi) is 7.37. The minimum atomic E-state index is -0.693. The summed E-state index contributed by atoms with van der Waals surface area (Å²) < 4.78 is 0.929. The van der Waals surface area contributed by atoms with Gasteiger partial charge in [0.2, 0.25) is 5.78 Å². The van der Waals surface area contributed by atoms with Crippen LogP contribution >= 0.6 is 39.3 Å². The molecule has 3 aromatic rings. The molecule has 0 saturated heterocycles. The van der Waals surface area contributed by atoms with Crippen molar-refractivity contribution in [3.8, 4) is 11.5 Å². The number of aromatic hydroxyl groups is 2. The molecule has 31 heavy (non-hydrogen) atoms. The van der Waals surface area contributed by atoms with Crippen LogP contribution in [0.15, 0.2) is 70.0 Å². The molecule has 3 rings (SSSR count). The predicted molar refractivity (Wildman–Crippen MR) is 126 cm³/mol. The standard InChI is InChI=1S/C22H15BrClNO5S/c23-15-4-1-13(2-5-15)12-31-21(22(28)17-11-16(24)6-8-19(17)26)10-14-3-7-18(25(29)30)20(27)9-14/h1-11,26-27H,12H2. The number of phenols is 2. The fraction of sp³-hybridized carbons (Fsp3) is 0.0455. The zero-order chi connectivity index (χ0) is 22.5. The zero-order valence-corrected chi connectivity index (χ0v) is 18.9. The maximum absolute atomic E-state index is 13.2. The molecule has 9 heteroatoms. The number of nitro benzene ring substituents is 1. The number of carbonyl (C=O) groups excluding carboxylic acids is 1. The molecule has 158 valence electrons. The molecule has 0 heterocycles. The molecular formula is C22H15BrClNO5S. The summed E-state index contributed by atoms with van der Waals surface area (Å²) in [6.45, 7) is 0. The molecule has 0 radical (unpaired) electrons. The maximum Gasteiger partial charge on any atom is 0.310 e. The van der Waals surface area contributed by atoms with Gasteiger partial charge < -0.3 is 10.2 Å². The molecule has 0 aliphatic heterocycles. The Morgan fingerprint density at radius 1 is 1.06 bits per heavy atom. The first-order chi connectivity index (χ1) is 14.7. The monoisotopic (exact) mass is 519 g/mol. The van der Waals surface area contributed by atoms with Crippen LogP contribution in [0.1, 0.15) is 21.5 Å². The summed E-state index contributed by atoms with van der Waals surface area (Å²) in [6, 6.07) is 15.6. The Balaban J connectivity index is 1.98. The highest BCUT2D eigenvalue weighted by molar-refractivity contribution is 9.10. The lowest BCUT2D eigenvalue weighted by molar-refractivity contribution is -0.385. The van der Waals surface area contributed by atoms with Crippen molar-refractivity contribution in [1.29, 1.82) is 0 Å². The molecule has 3 aromatic carbocycles. The Morgan fingerprint density at radius 2 is 1.77 bits per heavy atom. The molecule has 0 aliphatic rings. The number of hydrogen-bond acceptors (Lipinski definition) is 6. The van der Waals surface area contributed by atoms with Crippen molar-refractivity contribution in [3.05, 3.63) is 102 Å². The lowest BCUT2D eigenvalue weighted by atomic mass is 10.1. The topological polar surface area (TPSA) is 101 Å². The molecule has 0 spiro atoms. The predicted octanol–water partition coefficient (Wildman–Crippen LogP) is 6.58. The van der Waals surface area contributed by atoms with Crippen molar-refractivity contribution in [1.82, 2.24) is 0 Å². The second-order valence-electron chi connectivity index (χ2n) is 6.42. The van der Waals surface area contributed by atoms with Gasteiger partial charge in [-0.15, -0.1) is 11.8 Å². The number of allylic oxidation sites excluding steroid dienone is 1. The molecular weight excluding hydrogens is 506 g/mol. The third-order valence-corrected chi connectivity index (χ3v) is 6.08. The number of rotatable bonds is 7. The van der Waals surface area contributed by atoms with Gasteiger partial charge in [0.1, 0.15) is 5.75 Å². The van der Waals surface area contributed by atoms with Crippen molar-refractivity contribution in [2.75, 3.05) is 0 Å². The van der Waals surface area contributed by atoms with E-state index in [2.05, 4.69) is 15.9 Å². The second kappa shape index (κ2) is 10.00. The van der Waals surface area contributed by atoms with Crippen LogP contribution in [0, 0.1) is 10.1 Å². The average Bonchev–Trinajstić information content (AvgIpc) is 2.73. The lowest BCUT2D eigenvalue weighted by Gasteiger charge is -2.10. The number of nitro groups is 1. The summed E-state index contributed by atoms with van der Waals surface area (Å²) in [4.78, 5) is 23.7. The van der Waals surface area contributed by atoms with Gasteiger partial charge in [0, 0.05) is 21.3 Å². The van der Waals surface area contributed by atoms with E-state index in [-0.39, 0.29) is 16.2 Å². The van der Waals surface area contributed by atoms with Crippen LogP contribution in [0.3, 0.4) is 0 Å². The van der Waals surface area contributed by atoms with Crippen molar-refractivity contribution in [2.24, 2.45) is 0 Å². The first-order valence-electron chi connectivity index (χ1n) is 8.84. The number of nitrogens with zero attached hydrogens (tertiary/aromatic N) is 1. The van der Waals surface area contributed by atoms with E-state index in [4.69, 9.17) is 11.6 Å². The highest BCUT2D eigenvalue weighted by Crippen LogP contribution is 2.33. The third kappa shape index (κ3) is 5.88. The van der Waals surface area contributed by atoms with Crippen LogP contribution in [-0.2, 0) is 5.75 Å². The van der Waals surface area contributed by atoms with E-state index >= 15 is 0 Å². The van der Waals surface area contributed by atoms with Gasteiger partial charge >= 0.3 is 5.69 Å². The normalized spacial score (nSPS) is 11.4. The van der Waals surface area contributed by atoms with Crippen LogP contribution in [0.2, 0.25) is 5.02 Å². The first kappa shape index (κ1) is 22.9. The smallest absolute Gasteiger partial charge is 0.310 e. The Morgan fingerprint density at radius 3 is 2.42 bits per heavy atom. The fourth-order valence-electron chi connectivity index (χ4n) is 2.67. The van der Waals surface area contributed by atoms with E-state index in [1.807, 2.05) is 24.3 Å². The Labute approximate surface area is 195 Å². The molecule has 0 fully saturated rings. The largest absolute Gasteiger partial charge is 0.507 e. The lowest BCUT2D eigenvalue weighted by Crippen LogP contribution is -2.02. The molecule has 0 saturated carbocycles. The van der Waals surface area contributed by atoms with Gasteiger partial charge in [-0.05, 0) is 59.7 Å². The van der Waals surface area contributed by atoms with Gasteiger partial charge in [0.25, 0.3) is 0 Å². The number of hydrogen-bond donors (Lipinski definition) is 2. The van der Waals surface area contributed by atoms with Gasteiger partial charge in [0.15, 0.2) is 5.75 Å². The number of ketones is 1. The van der Waals surface area contributed by atoms with E-state index in [0.717, 1.165) is 10.0 Å². The summed E-state index contributed by atoms with van der Waals surface area (Å²) in [7, 11) is 0. The van der Waals surface area contributed by atoms with E-state index in [0.29, 0.717) is 16.3 Å². The summed E-state index contributed by atoms with van der Waals surface area (Å²) in [5, 5.41) is 31.3. The molecule has 0 aromatic heterocycles. The van der Waals surface area contributed by atoms with Crippen molar-refractivity contribution >= 4 is 56.8 Å². The number of thioether (sulfide) groups is 1. The second-order valence-corrected chi connectivity index (χ2v) is 8.79. The zero-order valence-electron chi connectivity index (χ0n) is 15.8. The van der Waals surface area contributed by atoms with Gasteiger partial charge in [-0.25, -0.2) is 0 Å². The van der Waals surface area contributed by atoms with E-state index in [9.17, 15) is 25.1 Å². The maximum atomic E-state index is 13.2. The van der Waals surface area contributed by atoms with Crippen LogP contribution in [0.5, 0.6) is 11.5 Å². The van der Waals surface area contributed by atoms with E-state index in [1.165, 1.54) is 54.2 Å². The van der Waals surface area contributed by atoms with Crippen molar-refractivity contribution < 1.29 is 19.9 Å². The van der Waals surface area contributed by atoms with Crippen molar-refractivity contribution in [2.45, 2.75) is 5.75 Å². The van der Waals surface area contributed by atoms with Crippen LogP contribution in [0.4, 0.5) is 5.69 Å². The molecule has 2 N–H and O–H groups in total. The molecule has 0 amide bonds. The summed E-state index contributed by atoms with van der Waals surface area (Å²) >= 11 is 10.6. The summed E-state index contributed by atoms with van der Waals surface area (Å²) in [6.07, 6.45) is 1.51. The molecule has 6 nitrogen and oxygen atoms in total. The average molecular weight is 521 g/mol. The van der Waals surface area contributed by atoms with E-state index in [1.54, 1.807) is 0 Å². The number of halogens is 2. The molecule has 0 unspecified atom stereocenters. The number of benzene rings is 3. The highest BCUT2D eigenvalue weighted by atomic mass is 79.9. The van der Waals surface area contributed by atoms with Gasteiger partial charge in [-0.1, -0.05) is 39.7 Å². The summed E-state index contributed by atoms with van der Waals surface area (Å²) in [5.74, 6) is -0.712. The molecule has 0 bridgehead atoms. The van der Waals surface area contributed by atoms with Gasteiger partial charge in [0.05, 0.1) is 15.4 Å². The Hall–Kier alpha value is -2.81. The number of Topliss-reactive ketones (excluding diaryl/α,β-unsaturated/α-hetero) is 1. The number of carbonyl (C=O) groups is 1. The fourth-order valence-corrected chi connectivity index (χ4v) is 4.08. The Bertz CT molecular complexity index is 1180. The van der Waals surface area contributed by atoms with Crippen LogP contribution < -0.4 is 0 Å². The van der Waals surface area contributed by atoms with Gasteiger partial charge in [-0.2, -0.15) is 0 Å². The summed E-state index contributed by atoms with van der Waals surface area (Å²) in [5.41, 5.74) is 0.971. The van der Waals surface area contributed by atoms with E-state index < -0.39 is 22.1 Å². The van der Waals surface area contributed by atoms with Crippen LogP contribution in [-0.4, -0.2) is 20.9 Å². The van der Waals surface area contributed by atoms with Crippen molar-refractivity contribution in [3.63, 3.8) is 0 Å². The molecule has 0 atom stereocenters. The number of phenolic OH excluding ortho intramolecular Hbond substituents is 2. The third-order valence-electron chi connectivity index (χ3n) is 4.23. The van der Waals surface area contributed by atoms with Gasteiger partial charge in [-0.3, -0.25) is 14.9 Å². The highest BCUT2D eigenvalue weighted by Gasteiger charge is 2.19. The van der Waals surface area contributed by atoms with Crippen LogP contribution in [0.25, 0.3) is 6.08 Å². The first-order valence-corrected chi connectivity index (χ1v) is 11.0. The quantitative estimate of drug-likeness (QED) is 0.158. The minimum Gasteiger partial charge on any atom is -0.507 e. The molecule has 0 aliphatic carbocycles.